The monoisotopic (exact) mass is 438 g/mol. The molecular formula is C25H30N2O5. The number of azo groups is 1. The number of rotatable bonds is 14. The van der Waals surface area contributed by atoms with E-state index in [0.717, 1.165) is 63.2 Å². The number of ether oxygens (including phenoxy) is 4. The normalized spacial score (nSPS) is 19.1. The van der Waals surface area contributed by atoms with Crippen LogP contribution in [0.2, 0.25) is 0 Å². The van der Waals surface area contributed by atoms with Gasteiger partial charge in [0.15, 0.2) is 0 Å². The smallest absolute Gasteiger partial charge is 0.338 e. The second-order valence-electron chi connectivity index (χ2n) is 8.13. The van der Waals surface area contributed by atoms with Gasteiger partial charge in [-0.05, 0) is 87.1 Å². The van der Waals surface area contributed by atoms with Gasteiger partial charge in [0.05, 0.1) is 55.6 Å². The van der Waals surface area contributed by atoms with Crippen LogP contribution in [-0.2, 0) is 14.2 Å². The van der Waals surface area contributed by atoms with Gasteiger partial charge in [0, 0.05) is 0 Å². The molecule has 2 unspecified atom stereocenters. The zero-order chi connectivity index (χ0) is 22.0. The van der Waals surface area contributed by atoms with E-state index in [0.29, 0.717) is 36.7 Å². The molecule has 4 rings (SSSR count). The zero-order valence-electron chi connectivity index (χ0n) is 18.3. The third kappa shape index (κ3) is 8.05. The summed E-state index contributed by atoms with van der Waals surface area (Å²) < 4.78 is 21.4. The summed E-state index contributed by atoms with van der Waals surface area (Å²) in [6, 6.07) is 14.5. The van der Waals surface area contributed by atoms with Crippen LogP contribution in [0.4, 0.5) is 11.4 Å². The van der Waals surface area contributed by atoms with Gasteiger partial charge in [-0.2, -0.15) is 10.2 Å². The quantitative estimate of drug-likeness (QED) is 0.162. The molecule has 0 aliphatic carbocycles. The van der Waals surface area contributed by atoms with E-state index in [1.165, 1.54) is 0 Å². The number of epoxide rings is 2. The molecule has 0 radical (unpaired) electrons. The molecule has 0 aromatic heterocycles. The van der Waals surface area contributed by atoms with Gasteiger partial charge in [-0.15, -0.1) is 0 Å². The van der Waals surface area contributed by atoms with E-state index in [1.807, 2.05) is 24.3 Å². The van der Waals surface area contributed by atoms with E-state index in [2.05, 4.69) is 10.2 Å². The molecule has 2 fully saturated rings. The Balaban J connectivity index is 1.15. The number of hydrogen-bond acceptors (Lipinski definition) is 7. The van der Waals surface area contributed by atoms with Crippen LogP contribution in [-0.4, -0.2) is 44.6 Å². The number of esters is 1. The Hall–Kier alpha value is -2.77. The van der Waals surface area contributed by atoms with Crippen LogP contribution >= 0.6 is 0 Å². The maximum absolute atomic E-state index is 12.1. The van der Waals surface area contributed by atoms with Crippen molar-refractivity contribution in [3.05, 3.63) is 54.1 Å². The molecular weight excluding hydrogens is 408 g/mol. The van der Waals surface area contributed by atoms with Gasteiger partial charge < -0.3 is 18.9 Å². The maximum Gasteiger partial charge on any atom is 0.338 e. The first-order valence-electron chi connectivity index (χ1n) is 11.4. The number of unbranched alkanes of at least 4 members (excludes halogenated alkanes) is 2. The molecule has 32 heavy (non-hydrogen) atoms. The van der Waals surface area contributed by atoms with E-state index in [1.54, 1.807) is 24.3 Å². The van der Waals surface area contributed by atoms with E-state index >= 15 is 0 Å². The highest BCUT2D eigenvalue weighted by atomic mass is 16.6. The van der Waals surface area contributed by atoms with Gasteiger partial charge in [-0.3, -0.25) is 0 Å². The van der Waals surface area contributed by atoms with Gasteiger partial charge in [-0.25, -0.2) is 4.79 Å². The van der Waals surface area contributed by atoms with Crippen LogP contribution < -0.4 is 4.74 Å². The summed E-state index contributed by atoms with van der Waals surface area (Å²) in [6.45, 7) is 2.94. The molecule has 2 heterocycles. The van der Waals surface area contributed by atoms with Crippen LogP contribution in [0.5, 0.6) is 5.75 Å². The predicted molar refractivity (Wildman–Crippen MR) is 120 cm³/mol. The fraction of sp³-hybridized carbons (Fsp3) is 0.480. The molecule has 0 saturated carbocycles. The topological polar surface area (TPSA) is 85.3 Å². The first-order chi connectivity index (χ1) is 15.8. The number of hydrogen-bond donors (Lipinski definition) is 0. The van der Waals surface area contributed by atoms with Gasteiger partial charge in [0.1, 0.15) is 5.75 Å². The Bertz CT molecular complexity index is 874. The van der Waals surface area contributed by atoms with Gasteiger partial charge in [0.2, 0.25) is 0 Å². The summed E-state index contributed by atoms with van der Waals surface area (Å²) in [6.07, 6.45) is 7.13. The van der Waals surface area contributed by atoms with Crippen molar-refractivity contribution >= 4 is 17.3 Å². The highest BCUT2D eigenvalue weighted by molar-refractivity contribution is 5.89. The van der Waals surface area contributed by atoms with Crippen LogP contribution in [0, 0.1) is 0 Å². The Morgan fingerprint density at radius 1 is 0.781 bits per heavy atom. The zero-order valence-corrected chi connectivity index (χ0v) is 18.3. The largest absolute Gasteiger partial charge is 0.494 e. The molecule has 7 nitrogen and oxygen atoms in total. The first kappa shape index (κ1) is 22.4. The Kier molecular flexibility index (Phi) is 8.23. The molecule has 0 amide bonds. The second-order valence-corrected chi connectivity index (χ2v) is 8.13. The number of nitrogens with zero attached hydrogens (tertiary/aromatic N) is 2. The Morgan fingerprint density at radius 2 is 1.31 bits per heavy atom. The molecule has 0 N–H and O–H groups in total. The van der Waals surface area contributed by atoms with Crippen molar-refractivity contribution in [1.82, 2.24) is 0 Å². The van der Waals surface area contributed by atoms with Crippen LogP contribution in [0.3, 0.4) is 0 Å². The molecule has 170 valence electrons. The standard InChI is InChI=1S/C25H30N2O5/c28-25(30-16-4-2-6-24-18-32-24)19-7-9-20(10-8-19)26-27-21-11-13-22(14-12-21)29-15-3-1-5-23-17-31-23/h7-14,23-24H,1-6,15-18H2. The van der Waals surface area contributed by atoms with Crippen molar-refractivity contribution in [1.29, 1.82) is 0 Å². The summed E-state index contributed by atoms with van der Waals surface area (Å²) in [5.41, 5.74) is 1.93. The van der Waals surface area contributed by atoms with Crippen molar-refractivity contribution in [2.75, 3.05) is 26.4 Å². The molecule has 2 aromatic rings. The summed E-state index contributed by atoms with van der Waals surface area (Å²) in [5, 5.41) is 8.48. The third-order valence-corrected chi connectivity index (χ3v) is 5.37. The lowest BCUT2D eigenvalue weighted by Gasteiger charge is -2.05. The lowest BCUT2D eigenvalue weighted by atomic mass is 10.2. The van der Waals surface area contributed by atoms with Gasteiger partial charge >= 0.3 is 5.97 Å². The van der Waals surface area contributed by atoms with Gasteiger partial charge in [-0.1, -0.05) is 0 Å². The van der Waals surface area contributed by atoms with E-state index in [4.69, 9.17) is 18.9 Å². The van der Waals surface area contributed by atoms with E-state index < -0.39 is 0 Å². The number of benzene rings is 2. The SMILES string of the molecule is O=C(OCCCCC1CO1)c1ccc(N=Nc2ccc(OCCCCC3CO3)cc2)cc1. The summed E-state index contributed by atoms with van der Waals surface area (Å²) in [7, 11) is 0. The summed E-state index contributed by atoms with van der Waals surface area (Å²) >= 11 is 0. The Labute approximate surface area is 188 Å². The highest BCUT2D eigenvalue weighted by Gasteiger charge is 2.21. The van der Waals surface area contributed by atoms with Gasteiger partial charge in [0.25, 0.3) is 0 Å². The van der Waals surface area contributed by atoms with Crippen molar-refractivity contribution in [2.24, 2.45) is 10.2 Å². The van der Waals surface area contributed by atoms with Crippen molar-refractivity contribution in [2.45, 2.75) is 50.7 Å². The maximum atomic E-state index is 12.1. The average molecular weight is 439 g/mol. The predicted octanol–water partition coefficient (Wildman–Crippen LogP) is 5.78. The summed E-state index contributed by atoms with van der Waals surface area (Å²) in [5.74, 6) is 0.517. The minimum absolute atomic E-state index is 0.312. The minimum Gasteiger partial charge on any atom is -0.494 e. The lowest BCUT2D eigenvalue weighted by Crippen LogP contribution is -2.06. The molecule has 0 spiro atoms. The third-order valence-electron chi connectivity index (χ3n) is 5.37. The lowest BCUT2D eigenvalue weighted by molar-refractivity contribution is 0.0497. The summed E-state index contributed by atoms with van der Waals surface area (Å²) in [4.78, 5) is 12.1. The van der Waals surface area contributed by atoms with Crippen molar-refractivity contribution in [3.8, 4) is 5.75 Å². The number of carbonyl (C=O) groups is 1. The van der Waals surface area contributed by atoms with Crippen LogP contribution in [0.25, 0.3) is 0 Å². The fourth-order valence-corrected chi connectivity index (χ4v) is 3.24. The average Bonchev–Trinajstić information content (AvgIpc) is 3.74. The molecule has 0 bridgehead atoms. The van der Waals surface area contributed by atoms with E-state index in [9.17, 15) is 4.79 Å². The molecule has 2 aromatic carbocycles. The van der Waals surface area contributed by atoms with Crippen molar-refractivity contribution in [3.63, 3.8) is 0 Å². The Morgan fingerprint density at radius 3 is 1.88 bits per heavy atom. The highest BCUT2D eigenvalue weighted by Crippen LogP contribution is 2.22. The fourth-order valence-electron chi connectivity index (χ4n) is 3.24. The van der Waals surface area contributed by atoms with E-state index in [-0.39, 0.29) is 5.97 Å². The van der Waals surface area contributed by atoms with Crippen LogP contribution in [0.1, 0.15) is 48.9 Å². The number of carbonyl (C=O) groups excluding carboxylic acids is 1. The first-order valence-corrected chi connectivity index (χ1v) is 11.4. The molecule has 2 saturated heterocycles. The van der Waals surface area contributed by atoms with Crippen molar-refractivity contribution < 1.29 is 23.7 Å². The molecule has 2 atom stereocenters. The van der Waals surface area contributed by atoms with Crippen LogP contribution in [0.15, 0.2) is 58.8 Å². The minimum atomic E-state index is -0.312. The second kappa shape index (κ2) is 11.7. The molecule has 7 heteroatoms. The molecule has 2 aliphatic heterocycles. The molecule has 2 aliphatic rings.